The van der Waals surface area contributed by atoms with Crippen molar-refractivity contribution in [3.05, 3.63) is 0 Å². The molecule has 2 unspecified atom stereocenters. The van der Waals surface area contributed by atoms with Gasteiger partial charge in [-0.25, -0.2) is 0 Å². The van der Waals surface area contributed by atoms with E-state index in [1.807, 2.05) is 20.8 Å². The van der Waals surface area contributed by atoms with Crippen molar-refractivity contribution in [2.24, 2.45) is 11.7 Å². The molecule has 0 saturated heterocycles. The Morgan fingerprint density at radius 1 is 1.44 bits per heavy atom. The highest BCUT2D eigenvalue weighted by molar-refractivity contribution is 7.84. The van der Waals surface area contributed by atoms with Gasteiger partial charge in [0.25, 0.3) is 0 Å². The van der Waals surface area contributed by atoms with Crippen LogP contribution < -0.4 is 11.1 Å². The van der Waals surface area contributed by atoms with Crippen molar-refractivity contribution in [1.82, 2.24) is 5.32 Å². The fourth-order valence-electron chi connectivity index (χ4n) is 1.27. The zero-order valence-corrected chi connectivity index (χ0v) is 11.5. The normalized spacial score (nSPS) is 18.6. The van der Waals surface area contributed by atoms with Gasteiger partial charge < -0.3 is 11.1 Å². The van der Waals surface area contributed by atoms with Crippen LogP contribution in [0.5, 0.6) is 0 Å². The van der Waals surface area contributed by atoms with Crippen LogP contribution in [-0.2, 0) is 15.6 Å². The summed E-state index contributed by atoms with van der Waals surface area (Å²) in [7, 11) is -0.805. The minimum absolute atomic E-state index is 0.0338. The van der Waals surface area contributed by atoms with Gasteiger partial charge in [-0.1, -0.05) is 20.3 Å². The number of hydrogen-bond acceptors (Lipinski definition) is 3. The van der Waals surface area contributed by atoms with Crippen LogP contribution in [0.1, 0.15) is 33.6 Å². The maximum absolute atomic E-state index is 11.7. The first-order valence-electron chi connectivity index (χ1n) is 5.74. The average molecular weight is 248 g/mol. The summed E-state index contributed by atoms with van der Waals surface area (Å²) in [6.07, 6.45) is 3.28. The standard InChI is InChI=1S/C11H24N2O2S/c1-5-8(2)10(12)11(14)13-9(3)6-7-16(4)15/h8-10H,5-7,12H2,1-4H3,(H,13,14)/t8-,9?,10-,16?/m0/s1. The molecule has 0 aliphatic carbocycles. The van der Waals surface area contributed by atoms with E-state index in [1.165, 1.54) is 0 Å². The Morgan fingerprint density at radius 2 is 2.00 bits per heavy atom. The van der Waals surface area contributed by atoms with E-state index in [1.54, 1.807) is 6.26 Å². The molecule has 96 valence electrons. The van der Waals surface area contributed by atoms with Crippen molar-refractivity contribution < 1.29 is 9.00 Å². The molecule has 4 nitrogen and oxygen atoms in total. The van der Waals surface area contributed by atoms with E-state index in [2.05, 4.69) is 5.32 Å². The number of hydrogen-bond donors (Lipinski definition) is 2. The molecular weight excluding hydrogens is 224 g/mol. The van der Waals surface area contributed by atoms with Crippen LogP contribution in [0, 0.1) is 5.92 Å². The quantitative estimate of drug-likeness (QED) is 0.694. The molecule has 0 aliphatic rings. The summed E-state index contributed by atoms with van der Waals surface area (Å²) >= 11 is 0. The predicted octanol–water partition coefficient (Wildman–Crippen LogP) is 0.633. The Balaban J connectivity index is 3.98. The summed E-state index contributed by atoms with van der Waals surface area (Å²) in [5, 5.41) is 2.85. The Morgan fingerprint density at radius 3 is 2.44 bits per heavy atom. The number of nitrogens with one attached hydrogen (secondary N) is 1. The van der Waals surface area contributed by atoms with Gasteiger partial charge in [0.15, 0.2) is 0 Å². The summed E-state index contributed by atoms with van der Waals surface area (Å²) in [6.45, 7) is 5.89. The largest absolute Gasteiger partial charge is 0.352 e. The van der Waals surface area contributed by atoms with E-state index in [0.29, 0.717) is 5.75 Å². The average Bonchev–Trinajstić information content (AvgIpc) is 2.24. The second-order valence-electron chi connectivity index (χ2n) is 4.39. The SMILES string of the molecule is CC[C@H](C)[C@H](N)C(=O)NC(C)CCS(C)=O. The molecule has 16 heavy (non-hydrogen) atoms. The third kappa shape index (κ3) is 6.23. The molecule has 0 fully saturated rings. The molecule has 5 heteroatoms. The molecule has 4 atom stereocenters. The lowest BCUT2D eigenvalue weighted by Crippen LogP contribution is -2.47. The van der Waals surface area contributed by atoms with Crippen LogP contribution in [-0.4, -0.2) is 34.2 Å². The molecular formula is C11H24N2O2S. The van der Waals surface area contributed by atoms with Crippen LogP contribution in [0.25, 0.3) is 0 Å². The first-order valence-corrected chi connectivity index (χ1v) is 7.47. The topological polar surface area (TPSA) is 72.2 Å². The third-order valence-electron chi connectivity index (χ3n) is 2.79. The fourth-order valence-corrected chi connectivity index (χ4v) is 1.95. The zero-order chi connectivity index (χ0) is 12.7. The minimum atomic E-state index is -0.805. The molecule has 0 aromatic heterocycles. The lowest BCUT2D eigenvalue weighted by Gasteiger charge is -2.20. The van der Waals surface area contributed by atoms with Gasteiger partial charge in [-0.2, -0.15) is 0 Å². The van der Waals surface area contributed by atoms with Gasteiger partial charge in [0.05, 0.1) is 6.04 Å². The summed E-state index contributed by atoms with van der Waals surface area (Å²) in [6, 6.07) is -0.411. The lowest BCUT2D eigenvalue weighted by atomic mass is 9.99. The minimum Gasteiger partial charge on any atom is -0.352 e. The van der Waals surface area contributed by atoms with Crippen LogP contribution in [0.4, 0.5) is 0 Å². The van der Waals surface area contributed by atoms with Crippen molar-refractivity contribution in [2.45, 2.75) is 45.7 Å². The zero-order valence-electron chi connectivity index (χ0n) is 10.7. The number of carbonyl (C=O) groups is 1. The first kappa shape index (κ1) is 15.6. The Kier molecular flexibility index (Phi) is 7.58. The highest BCUT2D eigenvalue weighted by Crippen LogP contribution is 2.05. The van der Waals surface area contributed by atoms with Gasteiger partial charge in [-0.15, -0.1) is 0 Å². The van der Waals surface area contributed by atoms with E-state index in [-0.39, 0.29) is 17.9 Å². The number of carbonyl (C=O) groups excluding carboxylic acids is 1. The summed E-state index contributed by atoms with van der Waals surface area (Å²) in [4.78, 5) is 11.7. The van der Waals surface area contributed by atoms with E-state index in [0.717, 1.165) is 12.8 Å². The summed E-state index contributed by atoms with van der Waals surface area (Å²) in [5.74, 6) is 0.691. The van der Waals surface area contributed by atoms with E-state index < -0.39 is 16.8 Å². The summed E-state index contributed by atoms with van der Waals surface area (Å²) < 4.78 is 10.9. The highest BCUT2D eigenvalue weighted by Gasteiger charge is 2.20. The molecule has 0 rings (SSSR count). The number of rotatable bonds is 7. The molecule has 0 spiro atoms. The van der Waals surface area contributed by atoms with Crippen molar-refractivity contribution in [3.63, 3.8) is 0 Å². The monoisotopic (exact) mass is 248 g/mol. The third-order valence-corrected chi connectivity index (χ3v) is 3.60. The van der Waals surface area contributed by atoms with Gasteiger partial charge in [-0.05, 0) is 19.3 Å². The van der Waals surface area contributed by atoms with Crippen molar-refractivity contribution in [2.75, 3.05) is 12.0 Å². The van der Waals surface area contributed by atoms with Gasteiger partial charge >= 0.3 is 0 Å². The maximum atomic E-state index is 11.7. The Labute approximate surface area is 101 Å². The molecule has 0 heterocycles. The highest BCUT2D eigenvalue weighted by atomic mass is 32.2. The second-order valence-corrected chi connectivity index (χ2v) is 5.94. The van der Waals surface area contributed by atoms with Crippen LogP contribution in [0.15, 0.2) is 0 Å². The van der Waals surface area contributed by atoms with Gasteiger partial charge in [0.2, 0.25) is 5.91 Å². The summed E-state index contributed by atoms with van der Waals surface area (Å²) in [5.41, 5.74) is 5.80. The maximum Gasteiger partial charge on any atom is 0.237 e. The molecule has 3 N–H and O–H groups in total. The van der Waals surface area contributed by atoms with Gasteiger partial charge in [0.1, 0.15) is 0 Å². The van der Waals surface area contributed by atoms with E-state index >= 15 is 0 Å². The predicted molar refractivity (Wildman–Crippen MR) is 68.6 cm³/mol. The van der Waals surface area contributed by atoms with Crippen molar-refractivity contribution in [3.8, 4) is 0 Å². The Bertz CT molecular complexity index is 246. The van der Waals surface area contributed by atoms with Crippen LogP contribution >= 0.6 is 0 Å². The van der Waals surface area contributed by atoms with Crippen LogP contribution in [0.2, 0.25) is 0 Å². The second kappa shape index (κ2) is 7.79. The van der Waals surface area contributed by atoms with Gasteiger partial charge in [0, 0.05) is 28.9 Å². The fraction of sp³-hybridized carbons (Fsp3) is 0.909. The molecule has 0 aliphatic heterocycles. The smallest absolute Gasteiger partial charge is 0.237 e. The van der Waals surface area contributed by atoms with Crippen molar-refractivity contribution >= 4 is 16.7 Å². The first-order chi connectivity index (χ1) is 7.38. The lowest BCUT2D eigenvalue weighted by molar-refractivity contribution is -0.124. The van der Waals surface area contributed by atoms with Crippen molar-refractivity contribution in [1.29, 1.82) is 0 Å². The van der Waals surface area contributed by atoms with E-state index in [9.17, 15) is 9.00 Å². The molecule has 1 amide bonds. The molecule has 0 radical (unpaired) electrons. The molecule has 0 aromatic rings. The number of nitrogens with two attached hydrogens (primary N) is 1. The number of amides is 1. The molecule has 0 aromatic carbocycles. The van der Waals surface area contributed by atoms with Crippen LogP contribution in [0.3, 0.4) is 0 Å². The van der Waals surface area contributed by atoms with E-state index in [4.69, 9.17) is 5.73 Å². The Hall–Kier alpha value is -0.420. The van der Waals surface area contributed by atoms with Gasteiger partial charge in [-0.3, -0.25) is 9.00 Å². The molecule has 0 bridgehead atoms. The molecule has 0 saturated carbocycles.